The Bertz CT molecular complexity index is 801. The lowest BCUT2D eigenvalue weighted by Gasteiger charge is -2.12. The van der Waals surface area contributed by atoms with Gasteiger partial charge in [0.15, 0.2) is 0 Å². The van der Waals surface area contributed by atoms with Crippen LogP contribution in [-0.2, 0) is 16.4 Å². The molecular weight excluding hydrogens is 345 g/mol. The Morgan fingerprint density at radius 2 is 1.91 bits per heavy atom. The summed E-state index contributed by atoms with van der Waals surface area (Å²) in [7, 11) is -3.42. The Balaban J connectivity index is 2.55. The summed E-state index contributed by atoms with van der Waals surface area (Å²) in [4.78, 5) is 0. The molecule has 0 aliphatic carbocycles. The van der Waals surface area contributed by atoms with Crippen molar-refractivity contribution >= 4 is 39.0 Å². The van der Waals surface area contributed by atoms with Crippen molar-refractivity contribution in [2.75, 3.05) is 11.0 Å². The van der Waals surface area contributed by atoms with Crippen LogP contribution >= 0.6 is 23.2 Å². The molecule has 1 aromatic carbocycles. The monoisotopic (exact) mass is 361 g/mol. The standard InChI is InChI=1S/C14H17Cl2N3O2S/c1-4-5-10-7-12(16)13(8-11(10)15)19-14(6-9(2)17-19)18-22(3,20)21/h6-8,18H,4-5H2,1-3H3. The minimum atomic E-state index is -3.42. The Labute approximate surface area is 140 Å². The highest BCUT2D eigenvalue weighted by molar-refractivity contribution is 7.92. The molecule has 2 aromatic rings. The highest BCUT2D eigenvalue weighted by Gasteiger charge is 2.15. The Hall–Kier alpha value is -1.24. The highest BCUT2D eigenvalue weighted by atomic mass is 35.5. The number of benzene rings is 1. The van der Waals surface area contributed by atoms with E-state index in [4.69, 9.17) is 23.2 Å². The van der Waals surface area contributed by atoms with Crippen LogP contribution in [0.15, 0.2) is 18.2 Å². The van der Waals surface area contributed by atoms with Gasteiger partial charge in [0.05, 0.1) is 22.7 Å². The fourth-order valence-corrected chi connectivity index (χ4v) is 3.19. The molecule has 2 rings (SSSR count). The van der Waals surface area contributed by atoms with E-state index < -0.39 is 10.0 Å². The summed E-state index contributed by atoms with van der Waals surface area (Å²) >= 11 is 12.6. The first-order valence-electron chi connectivity index (χ1n) is 6.74. The van der Waals surface area contributed by atoms with E-state index in [9.17, 15) is 8.42 Å². The van der Waals surface area contributed by atoms with Crippen molar-refractivity contribution in [3.05, 3.63) is 39.5 Å². The summed E-state index contributed by atoms with van der Waals surface area (Å²) in [5, 5.41) is 5.34. The molecule has 0 fully saturated rings. The third-order valence-electron chi connectivity index (χ3n) is 2.98. The van der Waals surface area contributed by atoms with Crippen LogP contribution < -0.4 is 4.72 Å². The van der Waals surface area contributed by atoms with Gasteiger partial charge in [0.2, 0.25) is 10.0 Å². The zero-order chi connectivity index (χ0) is 16.5. The first-order chi connectivity index (χ1) is 10.2. The molecule has 0 atom stereocenters. The fourth-order valence-electron chi connectivity index (χ4n) is 2.15. The zero-order valence-corrected chi connectivity index (χ0v) is 14.8. The number of nitrogens with zero attached hydrogens (tertiary/aromatic N) is 2. The van der Waals surface area contributed by atoms with Crippen LogP contribution in [0.5, 0.6) is 0 Å². The molecule has 0 bridgehead atoms. The SMILES string of the molecule is CCCc1cc(Cl)c(-n2nc(C)cc2NS(C)(=O)=O)cc1Cl. The molecule has 22 heavy (non-hydrogen) atoms. The normalized spacial score (nSPS) is 11.7. The van der Waals surface area contributed by atoms with Crippen LogP contribution in [0.25, 0.3) is 5.69 Å². The van der Waals surface area contributed by atoms with Crippen molar-refractivity contribution in [3.8, 4) is 5.69 Å². The van der Waals surface area contributed by atoms with Gasteiger partial charge in [-0.15, -0.1) is 0 Å². The Kier molecular flexibility index (Phi) is 5.04. The zero-order valence-electron chi connectivity index (χ0n) is 12.5. The molecule has 1 heterocycles. The predicted molar refractivity (Wildman–Crippen MR) is 90.8 cm³/mol. The fraction of sp³-hybridized carbons (Fsp3) is 0.357. The minimum Gasteiger partial charge on any atom is -0.267 e. The van der Waals surface area contributed by atoms with E-state index in [2.05, 4.69) is 16.7 Å². The van der Waals surface area contributed by atoms with Crippen LogP contribution in [0.3, 0.4) is 0 Å². The average Bonchev–Trinajstić information content (AvgIpc) is 2.72. The lowest BCUT2D eigenvalue weighted by molar-refractivity contribution is 0.606. The molecule has 8 heteroatoms. The van der Waals surface area contributed by atoms with E-state index in [0.717, 1.165) is 24.7 Å². The van der Waals surface area contributed by atoms with E-state index in [-0.39, 0.29) is 0 Å². The van der Waals surface area contributed by atoms with Crippen molar-refractivity contribution in [1.29, 1.82) is 0 Å². The van der Waals surface area contributed by atoms with E-state index in [1.807, 2.05) is 0 Å². The first kappa shape index (κ1) is 17.1. The number of halogens is 2. The second-order valence-electron chi connectivity index (χ2n) is 5.10. The van der Waals surface area contributed by atoms with Gasteiger partial charge >= 0.3 is 0 Å². The van der Waals surface area contributed by atoms with Gasteiger partial charge in [0, 0.05) is 11.1 Å². The van der Waals surface area contributed by atoms with E-state index in [1.54, 1.807) is 25.1 Å². The topological polar surface area (TPSA) is 64.0 Å². The van der Waals surface area contributed by atoms with Gasteiger partial charge < -0.3 is 0 Å². The van der Waals surface area contributed by atoms with Gasteiger partial charge in [-0.25, -0.2) is 13.1 Å². The summed E-state index contributed by atoms with van der Waals surface area (Å²) in [5.74, 6) is 0.321. The van der Waals surface area contributed by atoms with Crippen LogP contribution in [0, 0.1) is 6.92 Å². The summed E-state index contributed by atoms with van der Waals surface area (Å²) in [6.45, 7) is 3.83. The lowest BCUT2D eigenvalue weighted by Crippen LogP contribution is -2.13. The van der Waals surface area contributed by atoms with Crippen LogP contribution in [0.1, 0.15) is 24.6 Å². The lowest BCUT2D eigenvalue weighted by atomic mass is 10.1. The molecule has 1 aromatic heterocycles. The molecule has 0 radical (unpaired) electrons. The van der Waals surface area contributed by atoms with E-state index in [1.165, 1.54) is 4.68 Å². The Morgan fingerprint density at radius 1 is 1.23 bits per heavy atom. The quantitative estimate of drug-likeness (QED) is 0.880. The summed E-state index contributed by atoms with van der Waals surface area (Å²) in [6.07, 6.45) is 2.86. The third kappa shape index (κ3) is 3.94. The maximum atomic E-state index is 11.5. The van der Waals surface area contributed by atoms with Crippen molar-refractivity contribution in [1.82, 2.24) is 9.78 Å². The number of aryl methyl sites for hydroxylation is 2. The largest absolute Gasteiger partial charge is 0.267 e. The average molecular weight is 362 g/mol. The highest BCUT2D eigenvalue weighted by Crippen LogP contribution is 2.31. The van der Waals surface area contributed by atoms with Gasteiger partial charge in [-0.2, -0.15) is 5.10 Å². The van der Waals surface area contributed by atoms with Crippen LogP contribution in [0.4, 0.5) is 5.82 Å². The summed E-state index contributed by atoms with van der Waals surface area (Å²) in [6, 6.07) is 5.13. The van der Waals surface area contributed by atoms with Crippen molar-refractivity contribution in [3.63, 3.8) is 0 Å². The number of hydrogen-bond donors (Lipinski definition) is 1. The van der Waals surface area contributed by atoms with Gasteiger partial charge in [-0.3, -0.25) is 4.72 Å². The third-order valence-corrected chi connectivity index (χ3v) is 4.22. The summed E-state index contributed by atoms with van der Waals surface area (Å²) < 4.78 is 26.8. The maximum absolute atomic E-state index is 11.5. The molecule has 1 N–H and O–H groups in total. The number of nitrogens with one attached hydrogen (secondary N) is 1. The second kappa shape index (κ2) is 6.48. The van der Waals surface area contributed by atoms with Gasteiger partial charge in [0.25, 0.3) is 0 Å². The molecule has 120 valence electrons. The molecule has 0 saturated carbocycles. The Morgan fingerprint density at radius 3 is 2.50 bits per heavy atom. The van der Waals surface area contributed by atoms with Crippen molar-refractivity contribution < 1.29 is 8.42 Å². The second-order valence-corrected chi connectivity index (χ2v) is 7.66. The number of aromatic nitrogens is 2. The molecule has 0 spiro atoms. The van der Waals surface area contributed by atoms with Crippen molar-refractivity contribution in [2.24, 2.45) is 0 Å². The van der Waals surface area contributed by atoms with Crippen molar-refractivity contribution in [2.45, 2.75) is 26.7 Å². The minimum absolute atomic E-state index is 0.321. The van der Waals surface area contributed by atoms with Gasteiger partial charge in [-0.05, 0) is 31.0 Å². The molecule has 0 unspecified atom stereocenters. The van der Waals surface area contributed by atoms with E-state index in [0.29, 0.717) is 27.2 Å². The van der Waals surface area contributed by atoms with E-state index >= 15 is 0 Å². The number of anilines is 1. The van der Waals surface area contributed by atoms with Gasteiger partial charge in [-0.1, -0.05) is 36.5 Å². The first-order valence-corrected chi connectivity index (χ1v) is 9.38. The number of hydrogen-bond acceptors (Lipinski definition) is 3. The maximum Gasteiger partial charge on any atom is 0.230 e. The molecule has 0 aliphatic heterocycles. The summed E-state index contributed by atoms with van der Waals surface area (Å²) in [5.41, 5.74) is 2.15. The van der Waals surface area contributed by atoms with Crippen LogP contribution in [0.2, 0.25) is 10.0 Å². The molecule has 0 saturated heterocycles. The molecule has 5 nitrogen and oxygen atoms in total. The number of rotatable bonds is 5. The van der Waals surface area contributed by atoms with Gasteiger partial charge in [0.1, 0.15) is 5.82 Å². The molecule has 0 amide bonds. The molecule has 0 aliphatic rings. The molecular formula is C14H17Cl2N3O2S. The van der Waals surface area contributed by atoms with Crippen LogP contribution in [-0.4, -0.2) is 24.5 Å². The number of sulfonamides is 1. The predicted octanol–water partition coefficient (Wildman–Crippen LogP) is 3.81. The smallest absolute Gasteiger partial charge is 0.230 e.